The van der Waals surface area contributed by atoms with E-state index in [4.69, 9.17) is 0 Å². The fourth-order valence-electron chi connectivity index (χ4n) is 2.78. The van der Waals surface area contributed by atoms with Gasteiger partial charge in [-0.2, -0.15) is 26.3 Å². The van der Waals surface area contributed by atoms with Crippen LogP contribution in [0.1, 0.15) is 75.6 Å². The lowest BCUT2D eigenvalue weighted by atomic mass is 9.92. The van der Waals surface area contributed by atoms with Crippen LogP contribution in [0.3, 0.4) is 0 Å². The van der Waals surface area contributed by atoms with Crippen molar-refractivity contribution < 1.29 is 44.3 Å². The summed E-state index contributed by atoms with van der Waals surface area (Å²) >= 11 is 0. The Morgan fingerprint density at radius 1 is 0.606 bits per heavy atom. The van der Waals surface area contributed by atoms with E-state index in [1.807, 2.05) is 27.7 Å². The zero-order valence-electron chi connectivity index (χ0n) is 19.0. The summed E-state index contributed by atoms with van der Waals surface area (Å²) in [6, 6.07) is 8.69. The number of hydrogen-bond acceptors (Lipinski definition) is 1. The first-order chi connectivity index (χ1) is 14.9. The monoisotopic (exact) mass is 490 g/mol. The van der Waals surface area contributed by atoms with Gasteiger partial charge >= 0.3 is 18.7 Å². The number of benzene rings is 2. The van der Waals surface area contributed by atoms with Crippen LogP contribution in [-0.4, -0.2) is 6.36 Å². The van der Waals surface area contributed by atoms with Crippen molar-refractivity contribution in [3.8, 4) is 5.75 Å². The van der Waals surface area contributed by atoms with Gasteiger partial charge in [-0.15, -0.1) is 13.2 Å². The van der Waals surface area contributed by atoms with Gasteiger partial charge in [0.1, 0.15) is 5.75 Å². The minimum absolute atomic E-state index is 0.00792. The maximum Gasteiger partial charge on any atom is 0.573 e. The fourth-order valence-corrected chi connectivity index (χ4v) is 2.78. The lowest BCUT2D eigenvalue weighted by Crippen LogP contribution is -2.19. The van der Waals surface area contributed by atoms with Gasteiger partial charge in [-0.05, 0) is 35.1 Å². The molecule has 0 saturated carbocycles. The highest BCUT2D eigenvalue weighted by Gasteiger charge is 2.44. The maximum atomic E-state index is 12.7. The summed E-state index contributed by atoms with van der Waals surface area (Å²) in [5.74, 6) is -0.738. The van der Waals surface area contributed by atoms with Crippen LogP contribution in [0.5, 0.6) is 5.75 Å². The molecule has 33 heavy (non-hydrogen) atoms. The van der Waals surface area contributed by atoms with E-state index < -0.39 is 35.8 Å². The number of alkyl halides is 9. The molecule has 0 fully saturated rings. The van der Waals surface area contributed by atoms with Gasteiger partial charge in [0.05, 0.1) is 11.1 Å². The van der Waals surface area contributed by atoms with Crippen LogP contribution in [-0.2, 0) is 12.4 Å². The third-order valence-electron chi connectivity index (χ3n) is 4.07. The molecule has 0 radical (unpaired) electrons. The predicted octanol–water partition coefficient (Wildman–Crippen LogP) is 9.58. The van der Waals surface area contributed by atoms with Crippen molar-refractivity contribution >= 4 is 0 Å². The third kappa shape index (κ3) is 9.96. The number of ether oxygens (including phenoxy) is 1. The van der Waals surface area contributed by atoms with Crippen LogP contribution < -0.4 is 4.74 Å². The summed E-state index contributed by atoms with van der Waals surface area (Å²) < 4.78 is 115. The molecule has 0 aliphatic heterocycles. The van der Waals surface area contributed by atoms with Gasteiger partial charge in [-0.1, -0.05) is 71.9 Å². The molecule has 0 bridgehead atoms. The van der Waals surface area contributed by atoms with E-state index in [2.05, 4.69) is 4.74 Å². The Balaban J connectivity index is 0.000000586. The summed E-state index contributed by atoms with van der Waals surface area (Å²) in [6.07, 6.45) is -14.6. The zero-order chi connectivity index (χ0) is 26.2. The lowest BCUT2D eigenvalue weighted by molar-refractivity contribution is -0.274. The van der Waals surface area contributed by atoms with Crippen LogP contribution in [0.4, 0.5) is 39.5 Å². The Bertz CT molecular complexity index is 848. The highest BCUT2D eigenvalue weighted by molar-refractivity contribution is 5.41. The van der Waals surface area contributed by atoms with E-state index >= 15 is 0 Å². The first-order valence-corrected chi connectivity index (χ1v) is 10.1. The molecule has 0 heterocycles. The molecule has 10 heteroatoms. The number of rotatable bonds is 3. The molecule has 2 aromatic rings. The topological polar surface area (TPSA) is 9.23 Å². The van der Waals surface area contributed by atoms with Crippen molar-refractivity contribution in [3.63, 3.8) is 0 Å². The molecule has 0 spiro atoms. The highest BCUT2D eigenvalue weighted by atomic mass is 19.4. The lowest BCUT2D eigenvalue weighted by Gasteiger charge is -2.20. The van der Waals surface area contributed by atoms with Gasteiger partial charge < -0.3 is 4.74 Å². The van der Waals surface area contributed by atoms with Crippen molar-refractivity contribution in [1.82, 2.24) is 0 Å². The quantitative estimate of drug-likeness (QED) is 0.389. The highest BCUT2D eigenvalue weighted by Crippen LogP contribution is 2.43. The van der Waals surface area contributed by atoms with E-state index in [0.717, 1.165) is 12.1 Å². The Morgan fingerprint density at radius 3 is 1.45 bits per heavy atom. The first kappa shape index (κ1) is 30.6. The van der Waals surface area contributed by atoms with E-state index in [1.54, 1.807) is 12.1 Å². The SMILES string of the molecule is CC.CC(C)c1cccc(C(F)(F)F)c1C(F)(F)F.CC(C)c1ccccc1OC(F)(F)F. The molecular weight excluding hydrogens is 463 g/mol. The summed E-state index contributed by atoms with van der Waals surface area (Å²) in [5, 5.41) is 0. The summed E-state index contributed by atoms with van der Waals surface area (Å²) in [5.41, 5.74) is -2.99. The molecule has 0 aliphatic rings. The predicted molar refractivity (Wildman–Crippen MR) is 109 cm³/mol. The van der Waals surface area contributed by atoms with E-state index in [1.165, 1.54) is 26.0 Å². The maximum absolute atomic E-state index is 12.7. The van der Waals surface area contributed by atoms with Gasteiger partial charge in [0.25, 0.3) is 0 Å². The Kier molecular flexibility index (Phi) is 11.3. The molecule has 0 aromatic heterocycles. The molecule has 188 valence electrons. The fraction of sp³-hybridized carbons (Fsp3) is 0.478. The van der Waals surface area contributed by atoms with Gasteiger partial charge in [0.2, 0.25) is 0 Å². The van der Waals surface area contributed by atoms with Crippen LogP contribution in [0.2, 0.25) is 0 Å². The van der Waals surface area contributed by atoms with E-state index in [9.17, 15) is 39.5 Å². The summed E-state index contributed by atoms with van der Waals surface area (Å²) in [6.45, 7) is 10.5. The molecular formula is C23H27F9O. The summed E-state index contributed by atoms with van der Waals surface area (Å²) in [4.78, 5) is 0. The Morgan fingerprint density at radius 2 is 1.06 bits per heavy atom. The molecule has 0 atom stereocenters. The second kappa shape index (κ2) is 12.2. The summed E-state index contributed by atoms with van der Waals surface area (Å²) in [7, 11) is 0. The smallest absolute Gasteiger partial charge is 0.405 e. The molecule has 0 saturated heterocycles. The Labute approximate surface area is 187 Å². The Hall–Kier alpha value is -2.39. The number of hydrogen-bond donors (Lipinski definition) is 0. The molecule has 0 amide bonds. The van der Waals surface area contributed by atoms with E-state index in [-0.39, 0.29) is 17.2 Å². The number of para-hydroxylation sites is 1. The third-order valence-corrected chi connectivity index (χ3v) is 4.07. The standard InChI is InChI=1S/C11H10F6.C10H11F3O.C2H6/c1-6(2)7-4-3-5-8(10(12,13)14)9(7)11(15,16)17;1-7(2)8-5-3-4-6-9(8)14-10(11,12)13;1-2/h3-6H,1-2H3;3-7H,1-2H3;1-2H3. The minimum Gasteiger partial charge on any atom is -0.405 e. The van der Waals surface area contributed by atoms with Crippen molar-refractivity contribution in [2.75, 3.05) is 0 Å². The normalized spacial score (nSPS) is 12.0. The van der Waals surface area contributed by atoms with Crippen LogP contribution in [0, 0.1) is 0 Å². The average molecular weight is 490 g/mol. The van der Waals surface area contributed by atoms with Crippen molar-refractivity contribution in [2.45, 2.75) is 72.1 Å². The van der Waals surface area contributed by atoms with Gasteiger partial charge in [0.15, 0.2) is 0 Å². The zero-order valence-corrected chi connectivity index (χ0v) is 19.0. The van der Waals surface area contributed by atoms with Crippen LogP contribution >= 0.6 is 0 Å². The van der Waals surface area contributed by atoms with Crippen molar-refractivity contribution in [3.05, 3.63) is 64.7 Å². The van der Waals surface area contributed by atoms with Crippen LogP contribution in [0.15, 0.2) is 42.5 Å². The van der Waals surface area contributed by atoms with Crippen molar-refractivity contribution in [2.24, 2.45) is 0 Å². The second-order valence-corrected chi connectivity index (χ2v) is 7.16. The van der Waals surface area contributed by atoms with Gasteiger partial charge in [-0.25, -0.2) is 0 Å². The number of halogens is 9. The van der Waals surface area contributed by atoms with Gasteiger partial charge in [0, 0.05) is 0 Å². The van der Waals surface area contributed by atoms with Gasteiger partial charge in [-0.3, -0.25) is 0 Å². The minimum atomic E-state index is -5.01. The second-order valence-electron chi connectivity index (χ2n) is 7.16. The molecule has 1 nitrogen and oxygen atoms in total. The first-order valence-electron chi connectivity index (χ1n) is 10.1. The molecule has 2 rings (SSSR count). The molecule has 0 N–H and O–H groups in total. The molecule has 0 aliphatic carbocycles. The largest absolute Gasteiger partial charge is 0.573 e. The van der Waals surface area contributed by atoms with Crippen molar-refractivity contribution in [1.29, 1.82) is 0 Å². The van der Waals surface area contributed by atoms with Crippen LogP contribution in [0.25, 0.3) is 0 Å². The van der Waals surface area contributed by atoms with E-state index in [0.29, 0.717) is 11.6 Å². The molecule has 0 unspecified atom stereocenters. The molecule has 2 aromatic carbocycles. The average Bonchev–Trinajstić information content (AvgIpc) is 2.67.